The third-order valence-electron chi connectivity index (χ3n) is 2.10. The van der Waals surface area contributed by atoms with Gasteiger partial charge in [0.25, 0.3) is 0 Å². The molecule has 1 amide bonds. The summed E-state index contributed by atoms with van der Waals surface area (Å²) in [5.41, 5.74) is 0.889. The van der Waals surface area contributed by atoms with E-state index in [1.54, 1.807) is 0 Å². The Morgan fingerprint density at radius 3 is 2.35 bits per heavy atom. The third-order valence-corrected chi connectivity index (χ3v) is 2.36. The van der Waals surface area contributed by atoms with E-state index in [-0.39, 0.29) is 28.6 Å². The lowest BCUT2D eigenvalue weighted by molar-refractivity contribution is -0.118. The monoisotopic (exact) mass is 321 g/mol. The smallest absolute Gasteiger partial charge is 0.405 e. The first-order chi connectivity index (χ1) is 7.63. The third kappa shape index (κ3) is 5.70. The lowest BCUT2D eigenvalue weighted by atomic mass is 10.0. The van der Waals surface area contributed by atoms with Crippen molar-refractivity contribution in [3.8, 4) is 0 Å². The number of nitrogens with one attached hydrogen (secondary N) is 1. The number of carbonyl (C=O) groups excluding carboxylic acids is 1. The molecule has 0 radical (unpaired) electrons. The number of alkyl halides is 1. The predicted octanol–water partition coefficient (Wildman–Crippen LogP) is 2.25. The molecule has 0 aliphatic carbocycles. The summed E-state index contributed by atoms with van der Waals surface area (Å²) >= 11 is 5.41. The van der Waals surface area contributed by atoms with Crippen LogP contribution in [-0.2, 0) is 11.2 Å². The average Bonchev–Trinajstić information content (AvgIpc) is 2.28. The lowest BCUT2D eigenvalue weighted by Gasteiger charge is -2.14. The van der Waals surface area contributed by atoms with E-state index in [1.165, 1.54) is 0 Å². The van der Waals surface area contributed by atoms with E-state index in [0.717, 1.165) is 5.56 Å². The number of halogens is 2. The van der Waals surface area contributed by atoms with Gasteiger partial charge in [0.05, 0.1) is 11.9 Å². The molecular weight excluding hydrogens is 309 g/mol. The van der Waals surface area contributed by atoms with Crippen molar-refractivity contribution in [2.75, 3.05) is 5.88 Å². The maximum atomic E-state index is 11.4. The van der Waals surface area contributed by atoms with Gasteiger partial charge in [-0.3, -0.25) is 4.79 Å². The standard InChI is InChI=1S/C11H12ClNO3.BrH/c12-7-10(14)9(13-11(15)16)6-8-4-2-1-3-5-8;/h1-5,9,13H,6-7H2,(H,15,16);1H/t9-;/m0./s1. The fourth-order valence-corrected chi connectivity index (χ4v) is 1.52. The molecule has 1 rings (SSSR count). The van der Waals surface area contributed by atoms with E-state index >= 15 is 0 Å². The van der Waals surface area contributed by atoms with E-state index in [1.807, 2.05) is 30.3 Å². The summed E-state index contributed by atoms with van der Waals surface area (Å²) in [5.74, 6) is -0.523. The molecule has 0 saturated carbocycles. The minimum atomic E-state index is -1.22. The number of ketones is 1. The Kier molecular flexibility index (Phi) is 7.58. The van der Waals surface area contributed by atoms with Gasteiger partial charge in [-0.1, -0.05) is 30.3 Å². The van der Waals surface area contributed by atoms with Gasteiger partial charge >= 0.3 is 6.09 Å². The summed E-state index contributed by atoms with van der Waals surface area (Å²) in [6.45, 7) is 0. The molecular formula is C11H13BrClNO3. The molecule has 1 aromatic carbocycles. The average molecular weight is 323 g/mol. The van der Waals surface area contributed by atoms with Crippen LogP contribution in [0, 0.1) is 0 Å². The van der Waals surface area contributed by atoms with Crippen LogP contribution in [0.2, 0.25) is 0 Å². The van der Waals surface area contributed by atoms with Crippen molar-refractivity contribution in [3.63, 3.8) is 0 Å². The van der Waals surface area contributed by atoms with Gasteiger partial charge in [-0.2, -0.15) is 0 Å². The van der Waals surface area contributed by atoms with Gasteiger partial charge in [0.1, 0.15) is 0 Å². The molecule has 0 aromatic heterocycles. The minimum absolute atomic E-state index is 0. The molecule has 0 aliphatic rings. The van der Waals surface area contributed by atoms with Crippen molar-refractivity contribution in [2.24, 2.45) is 0 Å². The Bertz CT molecular complexity index is 372. The second kappa shape index (κ2) is 8.08. The Morgan fingerprint density at radius 1 is 1.29 bits per heavy atom. The van der Waals surface area contributed by atoms with Crippen LogP contribution in [0.1, 0.15) is 5.56 Å². The summed E-state index contributed by atoms with van der Waals surface area (Å²) in [6, 6.07) is 8.40. The van der Waals surface area contributed by atoms with Crippen molar-refractivity contribution < 1.29 is 14.7 Å². The summed E-state index contributed by atoms with van der Waals surface area (Å²) in [7, 11) is 0. The molecule has 0 bridgehead atoms. The molecule has 0 spiro atoms. The fraction of sp³-hybridized carbons (Fsp3) is 0.273. The molecule has 0 aliphatic heterocycles. The predicted molar refractivity (Wildman–Crippen MR) is 71.1 cm³/mol. The van der Waals surface area contributed by atoms with Crippen LogP contribution in [0.3, 0.4) is 0 Å². The van der Waals surface area contributed by atoms with E-state index in [9.17, 15) is 9.59 Å². The highest BCUT2D eigenvalue weighted by Gasteiger charge is 2.19. The van der Waals surface area contributed by atoms with Gasteiger partial charge in [-0.15, -0.1) is 28.6 Å². The Hall–Kier alpha value is -1.07. The van der Waals surface area contributed by atoms with Crippen molar-refractivity contribution in [1.82, 2.24) is 5.32 Å². The topological polar surface area (TPSA) is 66.4 Å². The van der Waals surface area contributed by atoms with Crippen LogP contribution in [0.25, 0.3) is 0 Å². The van der Waals surface area contributed by atoms with Crippen LogP contribution in [0.15, 0.2) is 30.3 Å². The molecule has 0 fully saturated rings. The first-order valence-corrected chi connectivity index (χ1v) is 5.29. The van der Waals surface area contributed by atoms with E-state index in [0.29, 0.717) is 6.42 Å². The van der Waals surface area contributed by atoms with Gasteiger partial charge in [-0.25, -0.2) is 4.79 Å². The summed E-state index contributed by atoms with van der Waals surface area (Å²) in [6.07, 6.45) is -0.905. The number of hydrogen-bond donors (Lipinski definition) is 2. The van der Waals surface area contributed by atoms with Crippen LogP contribution >= 0.6 is 28.6 Å². The maximum Gasteiger partial charge on any atom is 0.405 e. The van der Waals surface area contributed by atoms with E-state index < -0.39 is 12.1 Å². The summed E-state index contributed by atoms with van der Waals surface area (Å²) < 4.78 is 0. The lowest BCUT2D eigenvalue weighted by Crippen LogP contribution is -2.42. The molecule has 0 heterocycles. The zero-order valence-electron chi connectivity index (χ0n) is 8.93. The number of rotatable bonds is 5. The largest absolute Gasteiger partial charge is 0.465 e. The molecule has 17 heavy (non-hydrogen) atoms. The Labute approximate surface area is 115 Å². The zero-order chi connectivity index (χ0) is 12.0. The molecule has 0 unspecified atom stereocenters. The van der Waals surface area contributed by atoms with Gasteiger partial charge in [-0.05, 0) is 12.0 Å². The van der Waals surface area contributed by atoms with Gasteiger partial charge < -0.3 is 10.4 Å². The summed E-state index contributed by atoms with van der Waals surface area (Å²) in [5, 5.41) is 10.8. The molecule has 6 heteroatoms. The molecule has 1 aromatic rings. The van der Waals surface area contributed by atoms with Gasteiger partial charge in [0, 0.05) is 0 Å². The highest BCUT2D eigenvalue weighted by atomic mass is 79.9. The highest BCUT2D eigenvalue weighted by Crippen LogP contribution is 2.04. The number of amides is 1. The molecule has 94 valence electrons. The number of carbonyl (C=O) groups is 2. The number of carboxylic acid groups (broad SMARTS) is 1. The number of benzene rings is 1. The second-order valence-electron chi connectivity index (χ2n) is 3.29. The van der Waals surface area contributed by atoms with Crippen LogP contribution in [0.5, 0.6) is 0 Å². The van der Waals surface area contributed by atoms with Crippen molar-refractivity contribution in [1.29, 1.82) is 0 Å². The van der Waals surface area contributed by atoms with Crippen molar-refractivity contribution in [3.05, 3.63) is 35.9 Å². The SMILES string of the molecule is Br.O=C(O)N[C@@H](Cc1ccccc1)C(=O)CCl. The number of Topliss-reactive ketones (excluding diaryl/α,β-unsaturated/α-hetero) is 1. The Morgan fingerprint density at radius 2 is 1.88 bits per heavy atom. The number of hydrogen-bond acceptors (Lipinski definition) is 2. The van der Waals surface area contributed by atoms with Crippen LogP contribution < -0.4 is 5.32 Å². The van der Waals surface area contributed by atoms with Crippen molar-refractivity contribution in [2.45, 2.75) is 12.5 Å². The molecule has 0 saturated heterocycles. The molecule has 1 atom stereocenters. The van der Waals surface area contributed by atoms with E-state index in [4.69, 9.17) is 16.7 Å². The molecule has 2 N–H and O–H groups in total. The van der Waals surface area contributed by atoms with Gasteiger partial charge in [0.15, 0.2) is 5.78 Å². The highest BCUT2D eigenvalue weighted by molar-refractivity contribution is 8.93. The van der Waals surface area contributed by atoms with Crippen LogP contribution in [0.4, 0.5) is 4.79 Å². The quantitative estimate of drug-likeness (QED) is 0.817. The zero-order valence-corrected chi connectivity index (χ0v) is 11.4. The minimum Gasteiger partial charge on any atom is -0.465 e. The Balaban J connectivity index is 0.00000256. The maximum absolute atomic E-state index is 11.4. The summed E-state index contributed by atoms with van der Waals surface area (Å²) in [4.78, 5) is 21.9. The normalized spacial score (nSPS) is 11.1. The van der Waals surface area contributed by atoms with Gasteiger partial charge in [0.2, 0.25) is 0 Å². The fourth-order valence-electron chi connectivity index (χ4n) is 1.34. The first-order valence-electron chi connectivity index (χ1n) is 4.75. The second-order valence-corrected chi connectivity index (χ2v) is 3.56. The van der Waals surface area contributed by atoms with E-state index in [2.05, 4.69) is 5.32 Å². The first kappa shape index (κ1) is 15.9. The van der Waals surface area contributed by atoms with Crippen molar-refractivity contribution >= 4 is 40.5 Å². The van der Waals surface area contributed by atoms with Crippen LogP contribution in [-0.4, -0.2) is 28.9 Å². The molecule has 4 nitrogen and oxygen atoms in total.